The molecule has 7 heteroatoms. The molecule has 2 saturated heterocycles. The first-order chi connectivity index (χ1) is 11.2. The van der Waals surface area contributed by atoms with E-state index in [9.17, 15) is 4.79 Å². The summed E-state index contributed by atoms with van der Waals surface area (Å²) < 4.78 is 17.6. The molecule has 2 heterocycles. The molecule has 2 aliphatic heterocycles. The van der Waals surface area contributed by atoms with E-state index in [2.05, 4.69) is 5.32 Å². The van der Waals surface area contributed by atoms with Crippen molar-refractivity contribution in [3.05, 3.63) is 29.8 Å². The van der Waals surface area contributed by atoms with Gasteiger partial charge in [0, 0.05) is 6.54 Å². The molecule has 1 aromatic rings. The van der Waals surface area contributed by atoms with Gasteiger partial charge >= 0.3 is 13.2 Å². The van der Waals surface area contributed by atoms with Crippen LogP contribution in [0.4, 0.5) is 4.79 Å². The Bertz CT molecular complexity index is 626. The minimum Gasteiger partial charge on any atom is -0.465 e. The zero-order valence-electron chi connectivity index (χ0n) is 14.6. The molecule has 24 heavy (non-hydrogen) atoms. The Labute approximate surface area is 142 Å². The maximum absolute atomic E-state index is 10.8. The second-order valence-electron chi connectivity index (χ2n) is 7.65. The van der Waals surface area contributed by atoms with Gasteiger partial charge in [0.05, 0.1) is 29.8 Å². The van der Waals surface area contributed by atoms with E-state index >= 15 is 0 Å². The average molecular weight is 333 g/mol. The Balaban J connectivity index is 1.83. The van der Waals surface area contributed by atoms with Gasteiger partial charge in [-0.05, 0) is 38.7 Å². The topological polar surface area (TPSA) is 77.0 Å². The van der Waals surface area contributed by atoms with Gasteiger partial charge in [-0.1, -0.05) is 24.3 Å². The summed E-state index contributed by atoms with van der Waals surface area (Å²) >= 11 is 0. The van der Waals surface area contributed by atoms with Crippen LogP contribution < -0.4 is 10.8 Å². The highest BCUT2D eigenvalue weighted by Gasteiger charge is 2.52. The van der Waals surface area contributed by atoms with Gasteiger partial charge in [0.25, 0.3) is 0 Å². The van der Waals surface area contributed by atoms with Gasteiger partial charge in [-0.3, -0.25) is 0 Å². The third-order valence-corrected chi connectivity index (χ3v) is 5.36. The van der Waals surface area contributed by atoms with Crippen molar-refractivity contribution in [1.82, 2.24) is 5.32 Å². The minimum atomic E-state index is -1.02. The lowest BCUT2D eigenvalue weighted by Crippen LogP contribution is -2.54. The summed E-state index contributed by atoms with van der Waals surface area (Å²) in [5, 5.41) is 11.4. The van der Waals surface area contributed by atoms with Crippen molar-refractivity contribution in [3.63, 3.8) is 0 Å². The molecule has 3 rings (SSSR count). The lowest BCUT2D eigenvalue weighted by molar-refractivity contribution is -0.0581. The highest BCUT2D eigenvalue weighted by molar-refractivity contribution is 6.62. The summed E-state index contributed by atoms with van der Waals surface area (Å²) in [6.45, 7) is 9.42. The fourth-order valence-corrected chi connectivity index (χ4v) is 2.96. The summed E-state index contributed by atoms with van der Waals surface area (Å²) in [7, 11) is -0.430. The molecule has 0 unspecified atom stereocenters. The van der Waals surface area contributed by atoms with Crippen molar-refractivity contribution >= 4 is 18.7 Å². The van der Waals surface area contributed by atoms with Gasteiger partial charge in [0.2, 0.25) is 0 Å². The summed E-state index contributed by atoms with van der Waals surface area (Å²) in [5.74, 6) is 0. The molecule has 0 saturated carbocycles. The van der Waals surface area contributed by atoms with Crippen molar-refractivity contribution in [2.75, 3.05) is 19.8 Å². The van der Waals surface area contributed by atoms with Crippen LogP contribution in [0.25, 0.3) is 0 Å². The molecule has 0 spiro atoms. The van der Waals surface area contributed by atoms with Crippen LogP contribution in [0.15, 0.2) is 24.3 Å². The Hall–Kier alpha value is -1.57. The third kappa shape index (κ3) is 2.92. The SMILES string of the molecule is CC1(C)OB(c2cccc(C3(CNC(=O)O)COC3)c2)OC1(C)C. The van der Waals surface area contributed by atoms with Gasteiger partial charge in [0.1, 0.15) is 0 Å². The van der Waals surface area contributed by atoms with Gasteiger partial charge < -0.3 is 24.5 Å². The average Bonchev–Trinajstić information content (AvgIpc) is 2.66. The number of hydrogen-bond acceptors (Lipinski definition) is 4. The number of carbonyl (C=O) groups is 1. The number of benzene rings is 1. The second kappa shape index (κ2) is 5.76. The van der Waals surface area contributed by atoms with E-state index in [0.29, 0.717) is 19.8 Å². The van der Waals surface area contributed by atoms with Crippen molar-refractivity contribution in [1.29, 1.82) is 0 Å². The van der Waals surface area contributed by atoms with Gasteiger partial charge in [-0.25, -0.2) is 4.79 Å². The molecule has 1 aromatic carbocycles. The van der Waals surface area contributed by atoms with Crippen LogP contribution in [0.5, 0.6) is 0 Å². The van der Waals surface area contributed by atoms with Crippen LogP contribution in [0, 0.1) is 0 Å². The number of carboxylic acid groups (broad SMARTS) is 1. The van der Waals surface area contributed by atoms with E-state index < -0.39 is 24.4 Å². The van der Waals surface area contributed by atoms with Crippen LogP contribution in [-0.4, -0.2) is 49.3 Å². The van der Waals surface area contributed by atoms with E-state index in [1.807, 2.05) is 52.0 Å². The highest BCUT2D eigenvalue weighted by Crippen LogP contribution is 2.37. The Morgan fingerprint density at radius 1 is 1.21 bits per heavy atom. The predicted molar refractivity (Wildman–Crippen MR) is 90.7 cm³/mol. The van der Waals surface area contributed by atoms with Crippen LogP contribution >= 0.6 is 0 Å². The monoisotopic (exact) mass is 333 g/mol. The molecule has 2 N–H and O–H groups in total. The first-order valence-corrected chi connectivity index (χ1v) is 8.16. The van der Waals surface area contributed by atoms with E-state index in [0.717, 1.165) is 11.0 Å². The summed E-state index contributed by atoms with van der Waals surface area (Å²) in [4.78, 5) is 10.8. The van der Waals surface area contributed by atoms with Gasteiger partial charge in [-0.2, -0.15) is 0 Å². The van der Waals surface area contributed by atoms with Crippen molar-refractivity contribution in [2.45, 2.75) is 44.3 Å². The molecule has 1 amide bonds. The van der Waals surface area contributed by atoms with Gasteiger partial charge in [0.15, 0.2) is 0 Å². The first kappa shape index (κ1) is 17.3. The Morgan fingerprint density at radius 3 is 2.33 bits per heavy atom. The van der Waals surface area contributed by atoms with Crippen molar-refractivity contribution < 1.29 is 23.9 Å². The van der Waals surface area contributed by atoms with Gasteiger partial charge in [-0.15, -0.1) is 0 Å². The highest BCUT2D eigenvalue weighted by atomic mass is 16.7. The molecule has 0 aliphatic carbocycles. The standard InChI is InChI=1S/C17H24BNO5/c1-15(2)16(3,4)24-18(23-15)13-7-5-6-12(8-13)17(10-22-11-17)9-19-14(20)21/h5-8,19H,9-11H2,1-4H3,(H,20,21). The normalized spacial score (nSPS) is 23.6. The third-order valence-electron chi connectivity index (χ3n) is 5.36. The van der Waals surface area contributed by atoms with E-state index in [4.69, 9.17) is 19.2 Å². The molecule has 0 bridgehead atoms. The number of ether oxygens (including phenoxy) is 1. The molecule has 0 radical (unpaired) electrons. The lowest BCUT2D eigenvalue weighted by Gasteiger charge is -2.42. The maximum atomic E-state index is 10.8. The van der Waals surface area contributed by atoms with Crippen molar-refractivity contribution in [2.24, 2.45) is 0 Å². The Morgan fingerprint density at radius 2 is 1.83 bits per heavy atom. The fraction of sp³-hybridized carbons (Fsp3) is 0.588. The zero-order chi connectivity index (χ0) is 17.6. The fourth-order valence-electron chi connectivity index (χ4n) is 2.96. The largest absolute Gasteiger partial charge is 0.494 e. The molecule has 2 aliphatic rings. The van der Waals surface area contributed by atoms with Crippen LogP contribution in [0.2, 0.25) is 0 Å². The first-order valence-electron chi connectivity index (χ1n) is 8.16. The molecular weight excluding hydrogens is 309 g/mol. The van der Waals surface area contributed by atoms with Crippen LogP contribution in [-0.2, 0) is 19.5 Å². The second-order valence-corrected chi connectivity index (χ2v) is 7.65. The quantitative estimate of drug-likeness (QED) is 0.817. The number of rotatable bonds is 4. The molecule has 6 nitrogen and oxygen atoms in total. The van der Waals surface area contributed by atoms with Crippen molar-refractivity contribution in [3.8, 4) is 0 Å². The minimum absolute atomic E-state index is 0.321. The van der Waals surface area contributed by atoms with E-state index in [-0.39, 0.29) is 5.41 Å². The molecular formula is C17H24BNO5. The number of hydrogen-bond donors (Lipinski definition) is 2. The molecule has 0 aromatic heterocycles. The summed E-state index contributed by atoms with van der Waals surface area (Å²) in [5.41, 5.74) is 0.867. The number of nitrogens with one attached hydrogen (secondary N) is 1. The smallest absolute Gasteiger partial charge is 0.465 e. The van der Waals surface area contributed by atoms with E-state index in [1.165, 1.54) is 0 Å². The Kier molecular flexibility index (Phi) is 4.14. The zero-order valence-corrected chi connectivity index (χ0v) is 14.6. The van der Waals surface area contributed by atoms with Crippen LogP contribution in [0.3, 0.4) is 0 Å². The summed E-state index contributed by atoms with van der Waals surface area (Å²) in [6.07, 6.45) is -1.02. The maximum Gasteiger partial charge on any atom is 0.494 e. The molecule has 0 atom stereocenters. The molecule has 2 fully saturated rings. The van der Waals surface area contributed by atoms with E-state index in [1.54, 1.807) is 0 Å². The molecule has 130 valence electrons. The summed E-state index contributed by atoms with van der Waals surface area (Å²) in [6, 6.07) is 7.97. The number of amides is 1. The van der Waals surface area contributed by atoms with Crippen LogP contribution in [0.1, 0.15) is 33.3 Å². The predicted octanol–water partition coefficient (Wildman–Crippen LogP) is 1.52. The lowest BCUT2D eigenvalue weighted by atomic mass is 9.72.